The standard InChI is InChI=1S/C6H6F6/c1-2-3-4(5(7,8)9)6(10,11)12/h2-4H,1H3/b3-2+. The summed E-state index contributed by atoms with van der Waals surface area (Å²) in [7, 11) is 0. The van der Waals surface area contributed by atoms with Crippen LogP contribution in [0.4, 0.5) is 26.3 Å². The van der Waals surface area contributed by atoms with Crippen LogP contribution in [0, 0.1) is 5.92 Å². The van der Waals surface area contributed by atoms with Crippen molar-refractivity contribution in [3.63, 3.8) is 0 Å². The Morgan fingerprint density at radius 2 is 1.25 bits per heavy atom. The third-order valence-corrected chi connectivity index (χ3v) is 1.09. The van der Waals surface area contributed by atoms with Crippen LogP contribution in [0.3, 0.4) is 0 Å². The second-order valence-electron chi connectivity index (χ2n) is 2.09. The maximum Gasteiger partial charge on any atom is 0.403 e. The van der Waals surface area contributed by atoms with Gasteiger partial charge in [0.1, 0.15) is 0 Å². The first-order chi connectivity index (χ1) is 5.19. The molecule has 0 aliphatic carbocycles. The second kappa shape index (κ2) is 3.37. The first-order valence-corrected chi connectivity index (χ1v) is 2.96. The van der Waals surface area contributed by atoms with Gasteiger partial charge in [0.05, 0.1) is 0 Å². The minimum absolute atomic E-state index is 0.0833. The van der Waals surface area contributed by atoms with Crippen LogP contribution in [0.1, 0.15) is 6.92 Å². The van der Waals surface area contributed by atoms with Crippen molar-refractivity contribution in [2.45, 2.75) is 19.3 Å². The molecule has 0 aromatic rings. The van der Waals surface area contributed by atoms with Crippen molar-refractivity contribution >= 4 is 0 Å². The van der Waals surface area contributed by atoms with Gasteiger partial charge in [0, 0.05) is 0 Å². The molecule has 0 N–H and O–H groups in total. The van der Waals surface area contributed by atoms with Crippen molar-refractivity contribution in [3.8, 4) is 0 Å². The lowest BCUT2D eigenvalue weighted by Gasteiger charge is -2.19. The predicted molar refractivity (Wildman–Crippen MR) is 30.4 cm³/mol. The van der Waals surface area contributed by atoms with Crippen LogP contribution in [0.5, 0.6) is 0 Å². The Labute approximate surface area is 64.9 Å². The fraction of sp³-hybridized carbons (Fsp3) is 0.667. The average Bonchev–Trinajstić information content (AvgIpc) is 1.77. The SMILES string of the molecule is C/C=C/C(C(F)(F)F)C(F)(F)F. The summed E-state index contributed by atoms with van der Waals surface area (Å²) >= 11 is 0. The maximum absolute atomic E-state index is 11.6. The largest absolute Gasteiger partial charge is 0.403 e. The van der Waals surface area contributed by atoms with Crippen molar-refractivity contribution in [2.24, 2.45) is 5.92 Å². The fourth-order valence-corrected chi connectivity index (χ4v) is 0.596. The van der Waals surface area contributed by atoms with Gasteiger partial charge in [0.15, 0.2) is 5.92 Å². The molecule has 0 atom stereocenters. The third-order valence-electron chi connectivity index (χ3n) is 1.09. The van der Waals surface area contributed by atoms with E-state index in [1.165, 1.54) is 0 Å². The molecule has 0 saturated heterocycles. The smallest absolute Gasteiger partial charge is 0.170 e. The molecule has 0 aliphatic rings. The molecule has 0 amide bonds. The highest BCUT2D eigenvalue weighted by Crippen LogP contribution is 2.39. The van der Waals surface area contributed by atoms with Gasteiger partial charge in [-0.1, -0.05) is 12.2 Å². The van der Waals surface area contributed by atoms with Crippen LogP contribution in [-0.2, 0) is 0 Å². The Bertz CT molecular complexity index is 148. The van der Waals surface area contributed by atoms with Gasteiger partial charge < -0.3 is 0 Å². The molecule has 0 unspecified atom stereocenters. The number of halogens is 6. The van der Waals surface area contributed by atoms with Crippen molar-refractivity contribution in [2.75, 3.05) is 0 Å². The van der Waals surface area contributed by atoms with Gasteiger partial charge in [-0.05, 0) is 6.92 Å². The number of rotatable bonds is 1. The molecule has 0 radical (unpaired) electrons. The van der Waals surface area contributed by atoms with Gasteiger partial charge in [-0.3, -0.25) is 0 Å². The molecule has 0 aromatic carbocycles. The van der Waals surface area contributed by atoms with E-state index in [-0.39, 0.29) is 6.08 Å². The summed E-state index contributed by atoms with van der Waals surface area (Å²) in [5.74, 6) is -3.35. The van der Waals surface area contributed by atoms with Gasteiger partial charge in [0.2, 0.25) is 0 Å². The number of alkyl halides is 6. The summed E-state index contributed by atoms with van der Waals surface area (Å²) in [6.07, 6.45) is -9.71. The Morgan fingerprint density at radius 1 is 0.917 bits per heavy atom. The minimum atomic E-state index is -5.26. The number of allylic oxidation sites excluding steroid dienone is 2. The minimum Gasteiger partial charge on any atom is -0.170 e. The van der Waals surface area contributed by atoms with E-state index in [0.29, 0.717) is 0 Å². The van der Waals surface area contributed by atoms with Gasteiger partial charge in [-0.2, -0.15) is 26.3 Å². The van der Waals surface area contributed by atoms with E-state index >= 15 is 0 Å². The summed E-state index contributed by atoms with van der Waals surface area (Å²) in [6, 6.07) is 0. The highest BCUT2D eigenvalue weighted by molar-refractivity contribution is 4.94. The molecule has 0 saturated carbocycles. The lowest BCUT2D eigenvalue weighted by molar-refractivity contribution is -0.267. The second-order valence-corrected chi connectivity index (χ2v) is 2.09. The zero-order chi connectivity index (χ0) is 9.99. The lowest BCUT2D eigenvalue weighted by Crippen LogP contribution is -2.34. The molecular formula is C6H6F6. The third kappa shape index (κ3) is 3.15. The van der Waals surface area contributed by atoms with E-state index in [4.69, 9.17) is 0 Å². The Hall–Kier alpha value is -0.680. The quantitative estimate of drug-likeness (QED) is 0.441. The average molecular weight is 192 g/mol. The lowest BCUT2D eigenvalue weighted by atomic mass is 10.1. The normalized spacial score (nSPS) is 14.7. The zero-order valence-electron chi connectivity index (χ0n) is 6.00. The summed E-state index contributed by atoms with van der Waals surface area (Å²) in [4.78, 5) is 0. The Morgan fingerprint density at radius 3 is 1.33 bits per heavy atom. The Kier molecular flexibility index (Phi) is 3.17. The van der Waals surface area contributed by atoms with Gasteiger partial charge in [-0.25, -0.2) is 0 Å². The van der Waals surface area contributed by atoms with Crippen molar-refractivity contribution in [1.82, 2.24) is 0 Å². The van der Waals surface area contributed by atoms with E-state index < -0.39 is 18.3 Å². The summed E-state index contributed by atoms with van der Waals surface area (Å²) in [5.41, 5.74) is 0. The van der Waals surface area contributed by atoms with E-state index in [2.05, 4.69) is 0 Å². The molecule has 0 rings (SSSR count). The van der Waals surface area contributed by atoms with Gasteiger partial charge >= 0.3 is 12.4 Å². The van der Waals surface area contributed by atoms with E-state index in [1.807, 2.05) is 0 Å². The Balaban J connectivity index is 4.69. The molecule has 0 nitrogen and oxygen atoms in total. The van der Waals surface area contributed by atoms with E-state index in [9.17, 15) is 26.3 Å². The highest BCUT2D eigenvalue weighted by atomic mass is 19.4. The molecular weight excluding hydrogens is 186 g/mol. The highest BCUT2D eigenvalue weighted by Gasteiger charge is 2.54. The summed E-state index contributed by atoms with van der Waals surface area (Å²) in [5, 5.41) is 0. The monoisotopic (exact) mass is 192 g/mol. The van der Waals surface area contributed by atoms with E-state index in [0.717, 1.165) is 13.0 Å². The van der Waals surface area contributed by atoms with Gasteiger partial charge in [0.25, 0.3) is 0 Å². The van der Waals surface area contributed by atoms with Crippen LogP contribution >= 0.6 is 0 Å². The topological polar surface area (TPSA) is 0 Å². The van der Waals surface area contributed by atoms with Crippen LogP contribution in [-0.4, -0.2) is 12.4 Å². The summed E-state index contributed by atoms with van der Waals surface area (Å²) in [6.45, 7) is 1.10. The predicted octanol–water partition coefficient (Wildman–Crippen LogP) is 3.30. The molecule has 72 valence electrons. The molecule has 0 heterocycles. The number of hydrogen-bond donors (Lipinski definition) is 0. The van der Waals surface area contributed by atoms with Crippen molar-refractivity contribution < 1.29 is 26.3 Å². The molecule has 12 heavy (non-hydrogen) atoms. The molecule has 0 spiro atoms. The van der Waals surface area contributed by atoms with Crippen LogP contribution in [0.15, 0.2) is 12.2 Å². The molecule has 0 aromatic heterocycles. The molecule has 6 heteroatoms. The molecule has 0 fully saturated rings. The summed E-state index contributed by atoms with van der Waals surface area (Å²) < 4.78 is 69.8. The molecule has 0 bridgehead atoms. The van der Waals surface area contributed by atoms with Crippen molar-refractivity contribution in [1.29, 1.82) is 0 Å². The van der Waals surface area contributed by atoms with Crippen LogP contribution in [0.2, 0.25) is 0 Å². The first kappa shape index (κ1) is 11.3. The molecule has 0 aliphatic heterocycles. The fourth-order valence-electron chi connectivity index (χ4n) is 0.596. The van der Waals surface area contributed by atoms with Gasteiger partial charge in [-0.15, -0.1) is 0 Å². The maximum atomic E-state index is 11.6. The van der Waals surface area contributed by atoms with Crippen molar-refractivity contribution in [3.05, 3.63) is 12.2 Å². The van der Waals surface area contributed by atoms with E-state index in [1.54, 1.807) is 0 Å². The zero-order valence-corrected chi connectivity index (χ0v) is 6.00. The van der Waals surface area contributed by atoms with Crippen LogP contribution < -0.4 is 0 Å². The van der Waals surface area contributed by atoms with Crippen LogP contribution in [0.25, 0.3) is 0 Å². The number of hydrogen-bond acceptors (Lipinski definition) is 0. The first-order valence-electron chi connectivity index (χ1n) is 2.96.